The first kappa shape index (κ1) is 16.9. The van der Waals surface area contributed by atoms with Crippen LogP contribution in [-0.2, 0) is 11.2 Å². The second-order valence-electron chi connectivity index (χ2n) is 5.07. The molecular formula is C14H19ClF2N2O. The van der Waals surface area contributed by atoms with Gasteiger partial charge in [0.1, 0.15) is 0 Å². The highest BCUT2D eigenvalue weighted by Gasteiger charge is 2.22. The Morgan fingerprint density at radius 1 is 1.40 bits per heavy atom. The van der Waals surface area contributed by atoms with E-state index in [1.54, 1.807) is 0 Å². The second kappa shape index (κ2) is 7.55. The van der Waals surface area contributed by atoms with Crippen LogP contribution in [0.5, 0.6) is 0 Å². The van der Waals surface area contributed by atoms with Crippen LogP contribution in [0.3, 0.4) is 0 Å². The topological polar surface area (TPSA) is 41.1 Å². The van der Waals surface area contributed by atoms with Crippen LogP contribution in [0.2, 0.25) is 0 Å². The van der Waals surface area contributed by atoms with Gasteiger partial charge in [-0.25, -0.2) is 8.78 Å². The molecule has 3 nitrogen and oxygen atoms in total. The zero-order chi connectivity index (χ0) is 13.8. The van der Waals surface area contributed by atoms with Gasteiger partial charge in [0, 0.05) is 6.04 Å². The molecule has 1 saturated heterocycles. The van der Waals surface area contributed by atoms with Crippen LogP contribution < -0.4 is 10.6 Å². The smallest absolute Gasteiger partial charge is 0.224 e. The lowest BCUT2D eigenvalue weighted by Gasteiger charge is -2.30. The Bertz CT molecular complexity index is 470. The van der Waals surface area contributed by atoms with E-state index in [2.05, 4.69) is 17.6 Å². The number of hydrogen-bond acceptors (Lipinski definition) is 2. The molecule has 0 radical (unpaired) electrons. The number of benzene rings is 1. The predicted octanol–water partition coefficient (Wildman–Crippen LogP) is 2.04. The molecular weight excluding hydrogens is 286 g/mol. The van der Waals surface area contributed by atoms with Crippen molar-refractivity contribution >= 4 is 18.3 Å². The number of rotatable bonds is 3. The molecule has 1 heterocycles. The molecule has 1 amide bonds. The number of piperidine rings is 1. The van der Waals surface area contributed by atoms with Crippen LogP contribution in [0.15, 0.2) is 18.2 Å². The molecule has 2 N–H and O–H groups in total. The van der Waals surface area contributed by atoms with Crippen molar-refractivity contribution in [2.24, 2.45) is 5.92 Å². The number of hydrogen-bond donors (Lipinski definition) is 2. The summed E-state index contributed by atoms with van der Waals surface area (Å²) in [5.74, 6) is -1.58. The first-order valence-electron chi connectivity index (χ1n) is 6.50. The third kappa shape index (κ3) is 4.42. The third-order valence-corrected chi connectivity index (χ3v) is 3.48. The van der Waals surface area contributed by atoms with Gasteiger partial charge in [0.05, 0.1) is 6.42 Å². The largest absolute Gasteiger partial charge is 0.353 e. The Kier molecular flexibility index (Phi) is 6.36. The average Bonchev–Trinajstić information content (AvgIpc) is 2.37. The number of nitrogens with one attached hydrogen (secondary N) is 2. The summed E-state index contributed by atoms with van der Waals surface area (Å²) in [6.45, 7) is 3.85. The highest BCUT2D eigenvalue weighted by atomic mass is 35.5. The molecule has 1 aromatic carbocycles. The minimum atomic E-state index is -0.916. The van der Waals surface area contributed by atoms with Gasteiger partial charge in [0.15, 0.2) is 11.6 Å². The molecule has 20 heavy (non-hydrogen) atoms. The van der Waals surface area contributed by atoms with Crippen molar-refractivity contribution in [3.8, 4) is 0 Å². The maximum absolute atomic E-state index is 13.0. The van der Waals surface area contributed by atoms with Crippen molar-refractivity contribution in [1.29, 1.82) is 0 Å². The van der Waals surface area contributed by atoms with Crippen molar-refractivity contribution in [2.45, 2.75) is 25.8 Å². The van der Waals surface area contributed by atoms with Gasteiger partial charge in [-0.2, -0.15) is 0 Å². The molecule has 112 valence electrons. The first-order valence-corrected chi connectivity index (χ1v) is 6.50. The second-order valence-corrected chi connectivity index (χ2v) is 5.07. The van der Waals surface area contributed by atoms with Gasteiger partial charge >= 0.3 is 0 Å². The normalized spacial score (nSPS) is 21.9. The summed E-state index contributed by atoms with van der Waals surface area (Å²) in [6.07, 6.45) is 0.971. The zero-order valence-corrected chi connectivity index (χ0v) is 12.1. The predicted molar refractivity (Wildman–Crippen MR) is 75.9 cm³/mol. The van der Waals surface area contributed by atoms with E-state index < -0.39 is 11.6 Å². The van der Waals surface area contributed by atoms with Crippen molar-refractivity contribution in [3.05, 3.63) is 35.4 Å². The minimum Gasteiger partial charge on any atom is -0.353 e. The average molecular weight is 305 g/mol. The van der Waals surface area contributed by atoms with Gasteiger partial charge in [-0.3, -0.25) is 4.79 Å². The van der Waals surface area contributed by atoms with Crippen LogP contribution in [-0.4, -0.2) is 25.0 Å². The molecule has 1 aromatic rings. The molecule has 2 atom stereocenters. The SMILES string of the molecule is CC1CNCCC1NC(=O)Cc1ccc(F)c(F)c1.Cl. The van der Waals surface area contributed by atoms with E-state index in [0.717, 1.165) is 31.6 Å². The maximum atomic E-state index is 13.0. The summed E-state index contributed by atoms with van der Waals surface area (Å²) >= 11 is 0. The van der Waals surface area contributed by atoms with Crippen LogP contribution in [0, 0.1) is 17.6 Å². The van der Waals surface area contributed by atoms with E-state index in [1.807, 2.05) is 0 Å². The van der Waals surface area contributed by atoms with Crippen molar-refractivity contribution in [3.63, 3.8) is 0 Å². The molecule has 1 aliphatic heterocycles. The number of carbonyl (C=O) groups is 1. The van der Waals surface area contributed by atoms with Crippen LogP contribution in [0.1, 0.15) is 18.9 Å². The number of carbonyl (C=O) groups excluding carboxylic acids is 1. The monoisotopic (exact) mass is 304 g/mol. The summed E-state index contributed by atoms with van der Waals surface area (Å²) in [6, 6.07) is 3.70. The summed E-state index contributed by atoms with van der Waals surface area (Å²) in [4.78, 5) is 11.9. The van der Waals surface area contributed by atoms with Crippen molar-refractivity contribution in [2.75, 3.05) is 13.1 Å². The summed E-state index contributed by atoms with van der Waals surface area (Å²) in [5, 5.41) is 6.21. The molecule has 2 unspecified atom stereocenters. The van der Waals surface area contributed by atoms with E-state index in [0.29, 0.717) is 11.5 Å². The number of amides is 1. The van der Waals surface area contributed by atoms with Crippen LogP contribution in [0.25, 0.3) is 0 Å². The summed E-state index contributed by atoms with van der Waals surface area (Å²) < 4.78 is 25.8. The first-order chi connectivity index (χ1) is 9.06. The van der Waals surface area contributed by atoms with Gasteiger partial charge in [0.2, 0.25) is 5.91 Å². The summed E-state index contributed by atoms with van der Waals surface area (Å²) in [5.41, 5.74) is 0.484. The van der Waals surface area contributed by atoms with E-state index in [1.165, 1.54) is 6.07 Å². The van der Waals surface area contributed by atoms with E-state index in [4.69, 9.17) is 0 Å². The van der Waals surface area contributed by atoms with Crippen LogP contribution in [0.4, 0.5) is 8.78 Å². The number of halogens is 3. The lowest BCUT2D eigenvalue weighted by atomic mass is 9.95. The van der Waals surface area contributed by atoms with Gasteiger partial charge in [-0.1, -0.05) is 13.0 Å². The van der Waals surface area contributed by atoms with E-state index in [9.17, 15) is 13.6 Å². The van der Waals surface area contributed by atoms with Crippen molar-refractivity contribution in [1.82, 2.24) is 10.6 Å². The quantitative estimate of drug-likeness (QED) is 0.897. The van der Waals surface area contributed by atoms with Crippen molar-refractivity contribution < 1.29 is 13.6 Å². The van der Waals surface area contributed by atoms with Gasteiger partial charge in [-0.05, 0) is 43.1 Å². The standard InChI is InChI=1S/C14H18F2N2O.ClH/c1-9-8-17-5-4-13(9)18-14(19)7-10-2-3-11(15)12(16)6-10;/h2-3,6,9,13,17H,4-5,7-8H2,1H3,(H,18,19);1H. The highest BCUT2D eigenvalue weighted by Crippen LogP contribution is 2.12. The fourth-order valence-electron chi connectivity index (χ4n) is 2.32. The van der Waals surface area contributed by atoms with E-state index >= 15 is 0 Å². The molecule has 0 saturated carbocycles. The van der Waals surface area contributed by atoms with Gasteiger partial charge < -0.3 is 10.6 Å². The minimum absolute atomic E-state index is 0. The fourth-order valence-corrected chi connectivity index (χ4v) is 2.32. The maximum Gasteiger partial charge on any atom is 0.224 e. The Morgan fingerprint density at radius 2 is 2.15 bits per heavy atom. The van der Waals surface area contributed by atoms with Gasteiger partial charge in [-0.15, -0.1) is 12.4 Å². The fraction of sp³-hybridized carbons (Fsp3) is 0.500. The lowest BCUT2D eigenvalue weighted by Crippen LogP contribution is -2.48. The molecule has 1 fully saturated rings. The Morgan fingerprint density at radius 3 is 2.80 bits per heavy atom. The lowest BCUT2D eigenvalue weighted by molar-refractivity contribution is -0.121. The molecule has 2 rings (SSSR count). The Labute approximate surface area is 123 Å². The zero-order valence-electron chi connectivity index (χ0n) is 11.3. The Balaban J connectivity index is 0.00000200. The molecule has 0 bridgehead atoms. The van der Waals surface area contributed by atoms with Crippen LogP contribution >= 0.6 is 12.4 Å². The van der Waals surface area contributed by atoms with E-state index in [-0.39, 0.29) is 30.8 Å². The Hall–Kier alpha value is -1.20. The van der Waals surface area contributed by atoms with Gasteiger partial charge in [0.25, 0.3) is 0 Å². The third-order valence-electron chi connectivity index (χ3n) is 3.48. The molecule has 1 aliphatic rings. The molecule has 0 aromatic heterocycles. The molecule has 6 heteroatoms. The molecule has 0 aliphatic carbocycles. The molecule has 0 spiro atoms. The highest BCUT2D eigenvalue weighted by molar-refractivity contribution is 5.85. The summed E-state index contributed by atoms with van der Waals surface area (Å²) in [7, 11) is 0.